The fourth-order valence-electron chi connectivity index (χ4n) is 3.14. The molecule has 2 aromatic rings. The first-order valence-corrected chi connectivity index (χ1v) is 9.55. The molecule has 1 amide bonds. The number of carbonyl (C=O) groups excluding carboxylic acids is 2. The summed E-state index contributed by atoms with van der Waals surface area (Å²) >= 11 is 18.1. The van der Waals surface area contributed by atoms with Crippen molar-refractivity contribution >= 4 is 58.2 Å². The lowest BCUT2D eigenvalue weighted by Gasteiger charge is -2.25. The molecule has 1 unspecified atom stereocenters. The first kappa shape index (κ1) is 21.2. The van der Waals surface area contributed by atoms with Gasteiger partial charge in [0.2, 0.25) is 0 Å². The topological polar surface area (TPSA) is 94.9 Å². The highest BCUT2D eigenvalue weighted by Crippen LogP contribution is 2.42. The van der Waals surface area contributed by atoms with E-state index in [1.165, 1.54) is 42.5 Å². The van der Waals surface area contributed by atoms with E-state index >= 15 is 0 Å². The number of likely N-dealkylation sites (tertiary alicyclic amines) is 1. The van der Waals surface area contributed by atoms with Gasteiger partial charge in [0.05, 0.1) is 18.0 Å². The number of benzene rings is 2. The molecule has 1 saturated heterocycles. The zero-order valence-electron chi connectivity index (χ0n) is 14.7. The van der Waals surface area contributed by atoms with Gasteiger partial charge in [0.25, 0.3) is 11.7 Å². The number of aliphatic hydroxyl groups is 1. The Kier molecular flexibility index (Phi) is 6.17. The third-order valence-electron chi connectivity index (χ3n) is 4.48. The highest BCUT2D eigenvalue weighted by Gasteiger charge is 2.46. The summed E-state index contributed by atoms with van der Waals surface area (Å²) in [4.78, 5) is 37.5. The summed E-state index contributed by atoms with van der Waals surface area (Å²) in [7, 11) is 0. The second kappa shape index (κ2) is 8.45. The molecule has 1 fully saturated rings. The standard InChI is InChI=1S/C20H14Cl3NO5/c21-11-3-1-10(2-4-11)18(27)16-17(13-6-5-12(22)9-14(13)23)24(8-7-15(25)26)20(29)19(16)28/h1-6,9,17,27H,7-8H2,(H,25,26)/b18-16+. The number of nitrogens with zero attached hydrogens (tertiary/aromatic N) is 1. The Labute approximate surface area is 180 Å². The number of hydrogen-bond donors (Lipinski definition) is 2. The summed E-state index contributed by atoms with van der Waals surface area (Å²) < 4.78 is 0. The largest absolute Gasteiger partial charge is 0.507 e. The van der Waals surface area contributed by atoms with E-state index in [1.807, 2.05) is 0 Å². The lowest BCUT2D eigenvalue weighted by Crippen LogP contribution is -2.32. The highest BCUT2D eigenvalue weighted by atomic mass is 35.5. The van der Waals surface area contributed by atoms with Crippen molar-refractivity contribution in [2.45, 2.75) is 12.5 Å². The van der Waals surface area contributed by atoms with Crippen LogP contribution in [0.4, 0.5) is 0 Å². The molecule has 0 aliphatic carbocycles. The zero-order chi connectivity index (χ0) is 21.3. The Balaban J connectivity index is 2.19. The van der Waals surface area contributed by atoms with Crippen LogP contribution in [0.1, 0.15) is 23.6 Å². The fraction of sp³-hybridized carbons (Fsp3) is 0.150. The Morgan fingerprint density at radius 1 is 0.966 bits per heavy atom. The van der Waals surface area contributed by atoms with Crippen LogP contribution in [-0.2, 0) is 14.4 Å². The van der Waals surface area contributed by atoms with Crippen molar-refractivity contribution in [3.8, 4) is 0 Å². The number of aliphatic carboxylic acids is 1. The van der Waals surface area contributed by atoms with Gasteiger partial charge in [0, 0.05) is 27.2 Å². The molecule has 2 N–H and O–H groups in total. The van der Waals surface area contributed by atoms with E-state index in [0.29, 0.717) is 15.6 Å². The molecular formula is C20H14Cl3NO5. The second-order valence-corrected chi connectivity index (χ2v) is 7.59. The van der Waals surface area contributed by atoms with E-state index in [1.54, 1.807) is 0 Å². The van der Waals surface area contributed by atoms with Crippen LogP contribution in [0.25, 0.3) is 5.76 Å². The highest BCUT2D eigenvalue weighted by molar-refractivity contribution is 6.47. The molecule has 2 aromatic carbocycles. The molecule has 0 bridgehead atoms. The number of carbonyl (C=O) groups is 3. The summed E-state index contributed by atoms with van der Waals surface area (Å²) in [5, 5.41) is 20.8. The number of amides is 1. The van der Waals surface area contributed by atoms with Crippen LogP contribution in [0.5, 0.6) is 0 Å². The number of carboxylic acid groups (broad SMARTS) is 1. The van der Waals surface area contributed by atoms with E-state index in [-0.39, 0.29) is 29.1 Å². The van der Waals surface area contributed by atoms with Crippen molar-refractivity contribution < 1.29 is 24.6 Å². The summed E-state index contributed by atoms with van der Waals surface area (Å²) in [6, 6.07) is 9.51. The second-order valence-electron chi connectivity index (χ2n) is 6.31. The molecule has 3 rings (SSSR count). The number of Topliss-reactive ketones (excluding diaryl/α,β-unsaturated/α-hetero) is 1. The molecule has 9 heteroatoms. The van der Waals surface area contributed by atoms with Gasteiger partial charge < -0.3 is 15.1 Å². The minimum absolute atomic E-state index is 0.173. The molecular weight excluding hydrogens is 441 g/mol. The molecule has 0 spiro atoms. The molecule has 29 heavy (non-hydrogen) atoms. The predicted molar refractivity (Wildman–Crippen MR) is 109 cm³/mol. The third kappa shape index (κ3) is 4.24. The van der Waals surface area contributed by atoms with Crippen LogP contribution in [0.15, 0.2) is 48.0 Å². The molecule has 0 saturated carbocycles. The lowest BCUT2D eigenvalue weighted by atomic mass is 9.95. The Hall–Kier alpha value is -2.54. The van der Waals surface area contributed by atoms with Crippen molar-refractivity contribution in [3.63, 3.8) is 0 Å². The number of carboxylic acids is 1. The molecule has 1 aliphatic rings. The van der Waals surface area contributed by atoms with Crippen LogP contribution in [-0.4, -0.2) is 39.3 Å². The van der Waals surface area contributed by atoms with Gasteiger partial charge in [-0.05, 0) is 42.0 Å². The Morgan fingerprint density at radius 3 is 2.17 bits per heavy atom. The molecule has 1 aliphatic heterocycles. The average Bonchev–Trinajstić information content (AvgIpc) is 2.91. The van der Waals surface area contributed by atoms with Gasteiger partial charge in [0.1, 0.15) is 5.76 Å². The number of hydrogen-bond acceptors (Lipinski definition) is 4. The van der Waals surface area contributed by atoms with Crippen molar-refractivity contribution in [1.82, 2.24) is 4.90 Å². The van der Waals surface area contributed by atoms with Crippen LogP contribution in [0.3, 0.4) is 0 Å². The Bertz CT molecular complexity index is 1030. The van der Waals surface area contributed by atoms with Crippen molar-refractivity contribution in [3.05, 3.63) is 74.2 Å². The van der Waals surface area contributed by atoms with E-state index in [4.69, 9.17) is 39.9 Å². The van der Waals surface area contributed by atoms with Crippen molar-refractivity contribution in [2.24, 2.45) is 0 Å². The van der Waals surface area contributed by atoms with Gasteiger partial charge in [-0.25, -0.2) is 0 Å². The number of rotatable bonds is 5. The minimum atomic E-state index is -1.13. The van der Waals surface area contributed by atoms with Gasteiger partial charge in [-0.15, -0.1) is 0 Å². The van der Waals surface area contributed by atoms with Crippen LogP contribution in [0, 0.1) is 0 Å². The van der Waals surface area contributed by atoms with Gasteiger partial charge >= 0.3 is 5.97 Å². The normalized spacial score (nSPS) is 18.3. The smallest absolute Gasteiger partial charge is 0.305 e. The maximum absolute atomic E-state index is 12.8. The quantitative estimate of drug-likeness (QED) is 0.393. The predicted octanol–water partition coefficient (Wildman–Crippen LogP) is 4.54. The Morgan fingerprint density at radius 2 is 1.59 bits per heavy atom. The van der Waals surface area contributed by atoms with Crippen molar-refractivity contribution in [2.75, 3.05) is 6.54 Å². The molecule has 6 nitrogen and oxygen atoms in total. The van der Waals surface area contributed by atoms with Gasteiger partial charge in [-0.1, -0.05) is 40.9 Å². The van der Waals surface area contributed by atoms with Crippen molar-refractivity contribution in [1.29, 1.82) is 0 Å². The molecule has 150 valence electrons. The first-order chi connectivity index (χ1) is 13.7. The molecule has 0 radical (unpaired) electrons. The maximum Gasteiger partial charge on any atom is 0.305 e. The molecule has 1 heterocycles. The van der Waals surface area contributed by atoms with E-state index in [0.717, 1.165) is 4.90 Å². The van der Waals surface area contributed by atoms with Crippen LogP contribution in [0.2, 0.25) is 15.1 Å². The maximum atomic E-state index is 12.8. The van der Waals surface area contributed by atoms with E-state index in [9.17, 15) is 19.5 Å². The third-order valence-corrected chi connectivity index (χ3v) is 5.30. The van der Waals surface area contributed by atoms with Crippen LogP contribution < -0.4 is 0 Å². The zero-order valence-corrected chi connectivity index (χ0v) is 17.0. The molecule has 0 aromatic heterocycles. The number of aliphatic hydroxyl groups excluding tert-OH is 1. The van der Waals surface area contributed by atoms with E-state index in [2.05, 4.69) is 0 Å². The SMILES string of the molecule is O=C(O)CCN1C(=O)C(=O)/C(=C(/O)c2ccc(Cl)cc2)C1c1ccc(Cl)cc1Cl. The van der Waals surface area contributed by atoms with Gasteiger partial charge in [-0.3, -0.25) is 14.4 Å². The van der Waals surface area contributed by atoms with E-state index < -0.39 is 29.5 Å². The number of halogens is 3. The lowest BCUT2D eigenvalue weighted by molar-refractivity contribution is -0.142. The van der Waals surface area contributed by atoms with Crippen LogP contribution >= 0.6 is 34.8 Å². The summed E-state index contributed by atoms with van der Waals surface area (Å²) in [5.41, 5.74) is 0.434. The molecule has 1 atom stereocenters. The monoisotopic (exact) mass is 453 g/mol. The summed E-state index contributed by atoms with van der Waals surface area (Å²) in [6.45, 7) is -0.235. The van der Waals surface area contributed by atoms with Gasteiger partial charge in [0.15, 0.2) is 0 Å². The van der Waals surface area contributed by atoms with Gasteiger partial charge in [-0.2, -0.15) is 0 Å². The summed E-state index contributed by atoms with van der Waals surface area (Å²) in [6.07, 6.45) is -0.379. The average molecular weight is 455 g/mol. The number of ketones is 1. The fourth-order valence-corrected chi connectivity index (χ4v) is 3.77. The first-order valence-electron chi connectivity index (χ1n) is 8.41. The minimum Gasteiger partial charge on any atom is -0.507 e. The summed E-state index contributed by atoms with van der Waals surface area (Å²) in [5.74, 6) is -3.39.